The van der Waals surface area contributed by atoms with E-state index in [1.807, 2.05) is 0 Å². The van der Waals surface area contributed by atoms with Gasteiger partial charge in [-0.2, -0.15) is 0 Å². The summed E-state index contributed by atoms with van der Waals surface area (Å²) < 4.78 is 52.7. The standard InChI is InChI=1S/C31H52ClNO7S2/c1-3-5-7-9-11-13-15-17-19-21-23-41(37,38)27-25-28(31(32)34)30(33(35)36)29(26-27)42(39,40)24-22-20-18-16-14-12-10-8-6-4-2/h25-26H,3-24H2,1-2H3. The highest BCUT2D eigenvalue weighted by Gasteiger charge is 2.34. The molecule has 0 radical (unpaired) electrons. The largest absolute Gasteiger partial charge is 0.300 e. The number of nitrogens with zero attached hydrogens (tertiary/aromatic N) is 1. The average Bonchev–Trinajstić information content (AvgIpc) is 2.94. The number of nitro groups is 1. The zero-order valence-corrected chi connectivity index (χ0v) is 28.1. The Labute approximate surface area is 259 Å². The summed E-state index contributed by atoms with van der Waals surface area (Å²) in [5.41, 5.74) is -1.67. The molecule has 1 aromatic carbocycles. The lowest BCUT2D eigenvalue weighted by atomic mass is 10.1. The summed E-state index contributed by atoms with van der Waals surface area (Å²) in [5, 5.41) is 10.6. The lowest BCUT2D eigenvalue weighted by Crippen LogP contribution is -2.15. The molecule has 0 aliphatic heterocycles. The molecule has 0 aromatic heterocycles. The first-order valence-electron chi connectivity index (χ1n) is 16.0. The third-order valence-electron chi connectivity index (χ3n) is 7.67. The van der Waals surface area contributed by atoms with Crippen LogP contribution in [0.15, 0.2) is 21.9 Å². The molecule has 0 saturated heterocycles. The fourth-order valence-electron chi connectivity index (χ4n) is 5.12. The molecule has 1 rings (SSSR count). The third kappa shape index (κ3) is 14.8. The first-order chi connectivity index (χ1) is 20.0. The summed E-state index contributed by atoms with van der Waals surface area (Å²) >= 11 is 5.59. The lowest BCUT2D eigenvalue weighted by Gasteiger charge is -2.11. The summed E-state index contributed by atoms with van der Waals surface area (Å²) in [6.07, 6.45) is 20.1. The molecule has 0 aliphatic rings. The highest BCUT2D eigenvalue weighted by atomic mass is 35.5. The van der Waals surface area contributed by atoms with Gasteiger partial charge in [0, 0.05) is 0 Å². The minimum absolute atomic E-state index is 0.241. The number of hydrogen-bond acceptors (Lipinski definition) is 7. The fourth-order valence-corrected chi connectivity index (χ4v) is 8.35. The first kappa shape index (κ1) is 38.5. The van der Waals surface area contributed by atoms with Gasteiger partial charge in [-0.05, 0) is 36.6 Å². The molecule has 0 atom stereocenters. The van der Waals surface area contributed by atoms with Crippen LogP contribution in [0.2, 0.25) is 0 Å². The smallest absolute Gasteiger partial charge is 0.275 e. The minimum Gasteiger partial charge on any atom is -0.275 e. The predicted molar refractivity (Wildman–Crippen MR) is 171 cm³/mol. The van der Waals surface area contributed by atoms with Crippen LogP contribution in [0.25, 0.3) is 0 Å². The van der Waals surface area contributed by atoms with Crippen molar-refractivity contribution in [2.24, 2.45) is 0 Å². The Balaban J connectivity index is 2.85. The van der Waals surface area contributed by atoms with Crippen LogP contribution in [0.5, 0.6) is 0 Å². The number of carbonyl (C=O) groups excluding carboxylic acids is 1. The van der Waals surface area contributed by atoms with Crippen molar-refractivity contribution in [3.63, 3.8) is 0 Å². The van der Waals surface area contributed by atoms with Crippen LogP contribution in [0.1, 0.15) is 153 Å². The second kappa shape index (κ2) is 21.2. The van der Waals surface area contributed by atoms with Crippen molar-refractivity contribution in [3.8, 4) is 0 Å². The maximum atomic E-state index is 13.2. The van der Waals surface area contributed by atoms with E-state index in [4.69, 9.17) is 11.6 Å². The molecule has 0 unspecified atom stereocenters. The van der Waals surface area contributed by atoms with E-state index < -0.39 is 50.9 Å². The van der Waals surface area contributed by atoms with Crippen molar-refractivity contribution in [3.05, 3.63) is 27.8 Å². The van der Waals surface area contributed by atoms with Gasteiger partial charge in [0.1, 0.15) is 10.5 Å². The second-order valence-electron chi connectivity index (χ2n) is 11.4. The Morgan fingerprint density at radius 2 is 1.00 bits per heavy atom. The average molecular weight is 650 g/mol. The van der Waals surface area contributed by atoms with Crippen LogP contribution in [0, 0.1) is 10.1 Å². The van der Waals surface area contributed by atoms with Crippen LogP contribution < -0.4 is 0 Å². The molecule has 0 bridgehead atoms. The Kier molecular flexibility index (Phi) is 19.5. The molecule has 0 heterocycles. The van der Waals surface area contributed by atoms with E-state index in [0.29, 0.717) is 19.3 Å². The zero-order valence-electron chi connectivity index (χ0n) is 25.7. The van der Waals surface area contributed by atoms with Crippen LogP contribution in [-0.4, -0.2) is 38.5 Å². The van der Waals surface area contributed by atoms with E-state index in [1.165, 1.54) is 57.8 Å². The van der Waals surface area contributed by atoms with Crippen LogP contribution in [-0.2, 0) is 19.7 Å². The highest BCUT2D eigenvalue weighted by molar-refractivity contribution is 7.92. The van der Waals surface area contributed by atoms with Crippen LogP contribution in [0.3, 0.4) is 0 Å². The molecular weight excluding hydrogens is 598 g/mol. The predicted octanol–water partition coefficient (Wildman–Crippen LogP) is 9.36. The first-order valence-corrected chi connectivity index (χ1v) is 19.6. The molecule has 8 nitrogen and oxygen atoms in total. The van der Waals surface area contributed by atoms with Crippen molar-refractivity contribution < 1.29 is 26.6 Å². The van der Waals surface area contributed by atoms with Crippen LogP contribution in [0.4, 0.5) is 5.69 Å². The van der Waals surface area contributed by atoms with Gasteiger partial charge in [-0.25, -0.2) is 16.8 Å². The van der Waals surface area contributed by atoms with Crippen LogP contribution >= 0.6 is 11.6 Å². The van der Waals surface area contributed by atoms with Crippen molar-refractivity contribution in [1.29, 1.82) is 0 Å². The molecule has 0 aliphatic carbocycles. The Morgan fingerprint density at radius 3 is 1.36 bits per heavy atom. The quantitative estimate of drug-likeness (QED) is 0.0423. The van der Waals surface area contributed by atoms with E-state index in [-0.39, 0.29) is 17.9 Å². The van der Waals surface area contributed by atoms with Gasteiger partial charge in [-0.3, -0.25) is 14.9 Å². The van der Waals surface area contributed by atoms with Crippen molar-refractivity contribution in [2.75, 3.05) is 11.5 Å². The van der Waals surface area contributed by atoms with Gasteiger partial charge in [-0.1, -0.05) is 129 Å². The number of benzene rings is 1. The maximum absolute atomic E-state index is 13.2. The number of carbonyl (C=O) groups is 1. The molecule has 0 saturated carbocycles. The summed E-state index contributed by atoms with van der Waals surface area (Å²) in [4.78, 5) is 21.8. The summed E-state index contributed by atoms with van der Waals surface area (Å²) in [7, 11) is -8.23. The van der Waals surface area contributed by atoms with E-state index >= 15 is 0 Å². The highest BCUT2D eigenvalue weighted by Crippen LogP contribution is 2.34. The molecule has 242 valence electrons. The van der Waals surface area contributed by atoms with Gasteiger partial charge >= 0.3 is 0 Å². The fraction of sp³-hybridized carbons (Fsp3) is 0.774. The van der Waals surface area contributed by atoms with Gasteiger partial charge in [0.2, 0.25) is 0 Å². The molecular formula is C31H52ClNO7S2. The molecule has 0 N–H and O–H groups in total. The van der Waals surface area contributed by atoms with E-state index in [1.54, 1.807) is 0 Å². The zero-order chi connectivity index (χ0) is 31.4. The Hall–Kier alpha value is -1.52. The van der Waals surface area contributed by atoms with E-state index in [2.05, 4.69) is 13.8 Å². The number of sulfone groups is 2. The molecule has 1 aromatic rings. The number of halogens is 1. The number of unbranched alkanes of at least 4 members (excludes halogenated alkanes) is 18. The van der Waals surface area contributed by atoms with Gasteiger partial charge < -0.3 is 0 Å². The summed E-state index contributed by atoms with van der Waals surface area (Å²) in [6, 6.07) is 1.69. The van der Waals surface area contributed by atoms with Gasteiger partial charge in [0.15, 0.2) is 19.7 Å². The monoisotopic (exact) mass is 649 g/mol. The van der Waals surface area contributed by atoms with Gasteiger partial charge in [0.05, 0.1) is 21.3 Å². The Bertz CT molecular complexity index is 1170. The van der Waals surface area contributed by atoms with Crippen molar-refractivity contribution >= 4 is 42.2 Å². The Morgan fingerprint density at radius 1 is 0.643 bits per heavy atom. The molecule has 0 amide bonds. The molecule has 0 fully saturated rings. The van der Waals surface area contributed by atoms with Crippen molar-refractivity contribution in [1.82, 2.24) is 0 Å². The third-order valence-corrected chi connectivity index (χ3v) is 11.5. The topological polar surface area (TPSA) is 128 Å². The SMILES string of the molecule is CCCCCCCCCCCCS(=O)(=O)c1cc(C(=O)Cl)c([N+](=O)[O-])c(S(=O)(=O)CCCCCCCCCCCC)c1. The minimum atomic E-state index is -4.24. The lowest BCUT2D eigenvalue weighted by molar-refractivity contribution is -0.388. The summed E-state index contributed by atoms with van der Waals surface area (Å²) in [6.45, 7) is 4.35. The summed E-state index contributed by atoms with van der Waals surface area (Å²) in [5.74, 6) is -0.614. The maximum Gasteiger partial charge on any atom is 0.300 e. The molecule has 11 heteroatoms. The number of nitro benzene ring substituents is 1. The van der Waals surface area contributed by atoms with E-state index in [9.17, 15) is 31.7 Å². The van der Waals surface area contributed by atoms with Gasteiger partial charge in [-0.15, -0.1) is 0 Å². The molecule has 42 heavy (non-hydrogen) atoms. The van der Waals surface area contributed by atoms with Crippen molar-refractivity contribution in [2.45, 2.75) is 152 Å². The van der Waals surface area contributed by atoms with E-state index in [0.717, 1.165) is 57.1 Å². The number of rotatable bonds is 26. The normalized spacial score (nSPS) is 12.1. The second-order valence-corrected chi connectivity index (χ2v) is 15.9. The molecule has 0 spiro atoms. The number of hydrogen-bond donors (Lipinski definition) is 0. The van der Waals surface area contributed by atoms with Gasteiger partial charge in [0.25, 0.3) is 10.9 Å².